The molecule has 0 saturated heterocycles. The van der Waals surface area contributed by atoms with Gasteiger partial charge in [0.2, 0.25) is 0 Å². The number of fused-ring (bicyclic) bond motifs is 1. The summed E-state index contributed by atoms with van der Waals surface area (Å²) in [5, 5.41) is 9.73. The molecule has 6 nitrogen and oxygen atoms in total. The zero-order valence-corrected chi connectivity index (χ0v) is 18.2. The van der Waals surface area contributed by atoms with Gasteiger partial charge in [0.05, 0.1) is 29.2 Å². The van der Waals surface area contributed by atoms with Gasteiger partial charge in [-0.1, -0.05) is 36.4 Å². The third-order valence-corrected chi connectivity index (χ3v) is 5.77. The Bertz CT molecular complexity index is 1440. The van der Waals surface area contributed by atoms with Gasteiger partial charge in [-0.05, 0) is 43.7 Å². The van der Waals surface area contributed by atoms with Crippen LogP contribution in [0.1, 0.15) is 29.8 Å². The molecule has 2 aromatic carbocycles. The zero-order chi connectivity index (χ0) is 23.0. The molecule has 0 fully saturated rings. The third-order valence-electron chi connectivity index (χ3n) is 5.77. The molecule has 7 heteroatoms. The normalized spacial score (nSPS) is 11.6. The second-order valence-electron chi connectivity index (χ2n) is 8.42. The van der Waals surface area contributed by atoms with Gasteiger partial charge in [-0.2, -0.15) is 5.10 Å². The van der Waals surface area contributed by atoms with E-state index in [-0.39, 0.29) is 5.56 Å². The Morgan fingerprint density at radius 2 is 1.79 bits per heavy atom. The van der Waals surface area contributed by atoms with Crippen molar-refractivity contribution in [3.63, 3.8) is 0 Å². The maximum Gasteiger partial charge on any atom is 0.254 e. The molecule has 3 aromatic heterocycles. The highest BCUT2D eigenvalue weighted by atomic mass is 19.1. The molecule has 0 unspecified atom stereocenters. The van der Waals surface area contributed by atoms with Gasteiger partial charge in [-0.3, -0.25) is 14.3 Å². The number of aromatic amines is 1. The molecule has 0 radical (unpaired) electrons. The molecule has 5 rings (SSSR count). The number of imidazole rings is 1. The molecule has 3 heterocycles. The summed E-state index contributed by atoms with van der Waals surface area (Å²) >= 11 is 0. The SMILES string of the molecule is CC(C)(NC(=O)c1ccc(-c2cnc3ccc(-c4cn[nH]c4)cn23)cc1F)c1ccccc1. The molecule has 0 atom stereocenters. The first kappa shape index (κ1) is 20.6. The summed E-state index contributed by atoms with van der Waals surface area (Å²) < 4.78 is 17.0. The number of aromatic nitrogens is 4. The van der Waals surface area contributed by atoms with Gasteiger partial charge in [0.25, 0.3) is 5.91 Å². The molecule has 2 N–H and O–H groups in total. The topological polar surface area (TPSA) is 75.1 Å². The minimum atomic E-state index is -0.644. The summed E-state index contributed by atoms with van der Waals surface area (Å²) in [5.41, 5.74) is 4.28. The van der Waals surface area contributed by atoms with Crippen molar-refractivity contribution < 1.29 is 9.18 Å². The van der Waals surface area contributed by atoms with Crippen LogP contribution in [0.4, 0.5) is 4.39 Å². The Morgan fingerprint density at radius 3 is 2.52 bits per heavy atom. The van der Waals surface area contributed by atoms with E-state index in [0.29, 0.717) is 5.56 Å². The summed E-state index contributed by atoms with van der Waals surface area (Å²) in [6.07, 6.45) is 7.18. The van der Waals surface area contributed by atoms with Crippen LogP contribution in [0.25, 0.3) is 28.0 Å². The second-order valence-corrected chi connectivity index (χ2v) is 8.42. The van der Waals surface area contributed by atoms with Gasteiger partial charge in [-0.15, -0.1) is 0 Å². The van der Waals surface area contributed by atoms with Crippen molar-refractivity contribution in [2.45, 2.75) is 19.4 Å². The fourth-order valence-corrected chi connectivity index (χ4v) is 3.91. The largest absolute Gasteiger partial charge is 0.343 e. The molecule has 164 valence electrons. The highest BCUT2D eigenvalue weighted by molar-refractivity contribution is 5.95. The molecular formula is C26H22FN5O. The summed E-state index contributed by atoms with van der Waals surface area (Å²) in [6, 6.07) is 18.1. The fraction of sp³-hybridized carbons (Fsp3) is 0.115. The maximum absolute atomic E-state index is 15.1. The lowest BCUT2D eigenvalue weighted by Gasteiger charge is -2.27. The fourth-order valence-electron chi connectivity index (χ4n) is 3.91. The van der Waals surface area contributed by atoms with Crippen molar-refractivity contribution in [1.82, 2.24) is 24.9 Å². The van der Waals surface area contributed by atoms with Crippen molar-refractivity contribution in [2.75, 3.05) is 0 Å². The minimum Gasteiger partial charge on any atom is -0.343 e. The van der Waals surface area contributed by atoms with Gasteiger partial charge in [0.15, 0.2) is 0 Å². The van der Waals surface area contributed by atoms with E-state index in [1.807, 2.05) is 73.1 Å². The third kappa shape index (κ3) is 3.89. The van der Waals surface area contributed by atoms with Crippen molar-refractivity contribution in [2.24, 2.45) is 0 Å². The summed E-state index contributed by atoms with van der Waals surface area (Å²) in [6.45, 7) is 3.78. The quantitative estimate of drug-likeness (QED) is 0.395. The predicted octanol–water partition coefficient (Wildman–Crippen LogP) is 5.20. The number of H-pyrrole nitrogens is 1. The number of carbonyl (C=O) groups excluding carboxylic acids is 1. The number of nitrogens with one attached hydrogen (secondary N) is 2. The Hall–Kier alpha value is -4.26. The van der Waals surface area contributed by atoms with Crippen LogP contribution in [0.2, 0.25) is 0 Å². The van der Waals surface area contributed by atoms with E-state index < -0.39 is 17.3 Å². The highest BCUT2D eigenvalue weighted by Crippen LogP contribution is 2.27. The van der Waals surface area contributed by atoms with E-state index in [0.717, 1.165) is 28.0 Å². The van der Waals surface area contributed by atoms with E-state index >= 15 is 4.39 Å². The van der Waals surface area contributed by atoms with Crippen LogP contribution in [0, 0.1) is 5.82 Å². The standard InChI is InChI=1S/C26H22FN5O/c1-26(2,20-6-4-3-5-7-20)31-25(33)21-10-8-17(12-22(21)27)23-15-28-24-11-9-18(16-32(23)24)19-13-29-30-14-19/h3-16H,1-2H3,(H,29,30)(H,31,33). The number of amides is 1. The van der Waals surface area contributed by atoms with Crippen molar-refractivity contribution in [3.05, 3.63) is 102 Å². The van der Waals surface area contributed by atoms with Crippen LogP contribution in [-0.2, 0) is 5.54 Å². The molecule has 1 amide bonds. The average Bonchev–Trinajstić information content (AvgIpc) is 3.49. The van der Waals surface area contributed by atoms with E-state index in [1.54, 1.807) is 18.5 Å². The number of hydrogen-bond acceptors (Lipinski definition) is 3. The summed E-state index contributed by atoms with van der Waals surface area (Å²) in [4.78, 5) is 17.3. The van der Waals surface area contributed by atoms with E-state index in [4.69, 9.17) is 0 Å². The van der Waals surface area contributed by atoms with Gasteiger partial charge in [-0.25, -0.2) is 9.37 Å². The van der Waals surface area contributed by atoms with Crippen LogP contribution in [-0.4, -0.2) is 25.5 Å². The molecule has 0 spiro atoms. The van der Waals surface area contributed by atoms with Gasteiger partial charge < -0.3 is 5.32 Å². The highest BCUT2D eigenvalue weighted by Gasteiger charge is 2.25. The number of rotatable bonds is 5. The Morgan fingerprint density at radius 1 is 1.00 bits per heavy atom. The lowest BCUT2D eigenvalue weighted by molar-refractivity contribution is 0.0908. The van der Waals surface area contributed by atoms with Gasteiger partial charge >= 0.3 is 0 Å². The smallest absolute Gasteiger partial charge is 0.254 e. The van der Waals surface area contributed by atoms with Gasteiger partial charge in [0, 0.05) is 29.1 Å². The van der Waals surface area contributed by atoms with Crippen LogP contribution in [0.15, 0.2) is 85.5 Å². The van der Waals surface area contributed by atoms with E-state index in [1.165, 1.54) is 12.1 Å². The van der Waals surface area contributed by atoms with E-state index in [9.17, 15) is 4.79 Å². The van der Waals surface area contributed by atoms with Gasteiger partial charge in [0.1, 0.15) is 11.5 Å². The maximum atomic E-state index is 15.1. The number of pyridine rings is 1. The molecule has 0 aliphatic carbocycles. The second kappa shape index (κ2) is 8.02. The molecule has 0 aliphatic heterocycles. The molecule has 0 bridgehead atoms. The lowest BCUT2D eigenvalue weighted by Crippen LogP contribution is -2.41. The summed E-state index contributed by atoms with van der Waals surface area (Å²) in [5.74, 6) is -1.05. The van der Waals surface area contributed by atoms with Crippen LogP contribution >= 0.6 is 0 Å². The number of nitrogens with zero attached hydrogens (tertiary/aromatic N) is 3. The van der Waals surface area contributed by atoms with Crippen molar-refractivity contribution in [3.8, 4) is 22.4 Å². The van der Waals surface area contributed by atoms with Crippen molar-refractivity contribution in [1.29, 1.82) is 0 Å². The van der Waals surface area contributed by atoms with Crippen molar-refractivity contribution >= 4 is 11.6 Å². The van der Waals surface area contributed by atoms with E-state index in [2.05, 4.69) is 20.5 Å². The van der Waals surface area contributed by atoms with Crippen LogP contribution in [0.3, 0.4) is 0 Å². The molecule has 0 aliphatic rings. The Labute approximate surface area is 190 Å². The predicted molar refractivity (Wildman–Crippen MR) is 125 cm³/mol. The van der Waals surface area contributed by atoms with Crippen LogP contribution < -0.4 is 5.32 Å². The number of carbonyl (C=O) groups is 1. The number of halogens is 1. The molecule has 0 saturated carbocycles. The van der Waals surface area contributed by atoms with Crippen LogP contribution in [0.5, 0.6) is 0 Å². The monoisotopic (exact) mass is 439 g/mol. The number of hydrogen-bond donors (Lipinski definition) is 2. The Balaban J connectivity index is 1.45. The molecular weight excluding hydrogens is 417 g/mol. The first-order chi connectivity index (χ1) is 15.9. The first-order valence-corrected chi connectivity index (χ1v) is 10.6. The summed E-state index contributed by atoms with van der Waals surface area (Å²) in [7, 11) is 0. The molecule has 5 aromatic rings. The number of benzene rings is 2. The Kier molecular flexibility index (Phi) is 5.01. The average molecular weight is 439 g/mol. The zero-order valence-electron chi connectivity index (χ0n) is 18.2. The first-order valence-electron chi connectivity index (χ1n) is 10.6. The lowest BCUT2D eigenvalue weighted by atomic mass is 9.94. The molecule has 33 heavy (non-hydrogen) atoms. The minimum absolute atomic E-state index is 0.00402.